The van der Waals surface area contributed by atoms with E-state index in [2.05, 4.69) is 26.3 Å². The van der Waals surface area contributed by atoms with Crippen molar-refractivity contribution in [1.82, 2.24) is 26.3 Å². The van der Waals surface area contributed by atoms with Crippen molar-refractivity contribution in [1.29, 1.82) is 0 Å². The van der Waals surface area contributed by atoms with Crippen LogP contribution < -0.4 is 21.3 Å². The number of fused-ring (bicyclic) bond motifs is 2. The molecule has 1 aliphatic rings. The first kappa shape index (κ1) is 38.7. The fourth-order valence-corrected chi connectivity index (χ4v) is 5.70. The molecular formula is C31H47N5O8S2. The zero-order valence-corrected chi connectivity index (χ0v) is 29.6. The zero-order valence-electron chi connectivity index (χ0n) is 28.0. The quantitative estimate of drug-likeness (QED) is 0.180. The highest BCUT2D eigenvalue weighted by Gasteiger charge is 2.36. The van der Waals surface area contributed by atoms with Crippen molar-refractivity contribution in [3.05, 3.63) is 28.2 Å². The first-order valence-corrected chi connectivity index (χ1v) is 17.0. The number of carbonyl (C=O) groups is 6. The number of ether oxygens (including phenoxy) is 2. The third-order valence-electron chi connectivity index (χ3n) is 6.55. The van der Waals surface area contributed by atoms with Crippen molar-refractivity contribution < 1.29 is 38.2 Å². The normalized spacial score (nSPS) is 20.5. The van der Waals surface area contributed by atoms with Gasteiger partial charge >= 0.3 is 12.1 Å². The lowest BCUT2D eigenvalue weighted by molar-refractivity contribution is -0.153. The summed E-state index contributed by atoms with van der Waals surface area (Å²) >= 11 is 2.24. The van der Waals surface area contributed by atoms with Crippen LogP contribution in [0.3, 0.4) is 0 Å². The molecule has 2 bridgehead atoms. The molecule has 3 atom stereocenters. The van der Waals surface area contributed by atoms with Crippen molar-refractivity contribution in [2.45, 2.75) is 111 Å². The average Bonchev–Trinajstić information content (AvgIpc) is 3.40. The van der Waals surface area contributed by atoms with Gasteiger partial charge in [-0.3, -0.25) is 19.2 Å². The maximum Gasteiger partial charge on any atom is 0.408 e. The topological polar surface area (TPSA) is 182 Å². The number of nitrogens with one attached hydrogen (secondary N) is 4. The van der Waals surface area contributed by atoms with Crippen molar-refractivity contribution >= 4 is 58.0 Å². The molecular weight excluding hydrogens is 635 g/mol. The van der Waals surface area contributed by atoms with Crippen molar-refractivity contribution in [3.63, 3.8) is 0 Å². The molecule has 0 radical (unpaired) electrons. The SMILES string of the molecule is CC(C)[C@@H]1NC(=O)C(C)(C)NC(=O)c2csc(n2)CNC(=O)C[C@@H](C=CCCSC(=O)[C@@H](NC(=O)OC(C)(C)C)C(C)C)OC1=O. The summed E-state index contributed by atoms with van der Waals surface area (Å²) in [5.74, 6) is -2.46. The van der Waals surface area contributed by atoms with Gasteiger partial charge in [-0.1, -0.05) is 45.5 Å². The lowest BCUT2D eigenvalue weighted by Crippen LogP contribution is -2.59. The van der Waals surface area contributed by atoms with Gasteiger partial charge in [0.2, 0.25) is 16.9 Å². The summed E-state index contributed by atoms with van der Waals surface area (Å²) in [6.07, 6.45) is 1.87. The first-order valence-electron chi connectivity index (χ1n) is 15.2. The summed E-state index contributed by atoms with van der Waals surface area (Å²) in [6, 6.07) is -1.79. The van der Waals surface area contributed by atoms with Gasteiger partial charge in [0.05, 0.1) is 13.0 Å². The smallest absolute Gasteiger partial charge is 0.408 e. The van der Waals surface area contributed by atoms with E-state index in [9.17, 15) is 28.8 Å². The summed E-state index contributed by atoms with van der Waals surface area (Å²) in [6.45, 7) is 15.4. The Kier molecular flexibility index (Phi) is 14.2. The number of cyclic esters (lactones) is 1. The Labute approximate surface area is 278 Å². The van der Waals surface area contributed by atoms with Crippen molar-refractivity contribution in [2.24, 2.45) is 11.8 Å². The number of aromatic nitrogens is 1. The Morgan fingerprint density at radius 2 is 1.87 bits per heavy atom. The molecule has 0 spiro atoms. The lowest BCUT2D eigenvalue weighted by Gasteiger charge is -2.29. The second kappa shape index (κ2) is 16.9. The van der Waals surface area contributed by atoms with Gasteiger partial charge in [-0.25, -0.2) is 14.6 Å². The Bertz CT molecular complexity index is 1300. The van der Waals surface area contributed by atoms with E-state index in [1.54, 1.807) is 46.8 Å². The molecule has 15 heteroatoms. The maximum atomic E-state index is 13.3. The summed E-state index contributed by atoms with van der Waals surface area (Å²) in [5, 5.41) is 12.5. The van der Waals surface area contributed by atoms with E-state index in [4.69, 9.17) is 9.47 Å². The third-order valence-corrected chi connectivity index (χ3v) is 8.38. The van der Waals surface area contributed by atoms with Crippen LogP contribution in [0.4, 0.5) is 4.79 Å². The van der Waals surface area contributed by atoms with Crippen LogP contribution in [0.25, 0.3) is 0 Å². The highest BCUT2D eigenvalue weighted by atomic mass is 32.2. The second-order valence-electron chi connectivity index (χ2n) is 13.1. The monoisotopic (exact) mass is 681 g/mol. The number of allylic oxidation sites excluding steroid dienone is 1. The summed E-state index contributed by atoms with van der Waals surface area (Å²) in [7, 11) is 0. The standard InChI is InChI=1S/C31H47N5O8S2/c1-17(2)23-26(39)43-19(12-10-11-13-45-27(40)24(18(3)4)35-29(42)44-30(5,6)7)14-21(37)32-15-22-33-20(16-46-22)25(38)36-31(8,9)28(41)34-23/h10,12,16-19,23-24H,11,13-15H2,1-9H3,(H,32,37)(H,34,41)(H,35,42)(H,36,38)/t19-,23+,24+/m1/s1. The van der Waals surface area contributed by atoms with Crippen LogP contribution in [0, 0.1) is 11.8 Å². The van der Waals surface area contributed by atoms with Gasteiger partial charge in [0.15, 0.2) is 0 Å². The second-order valence-corrected chi connectivity index (χ2v) is 15.2. The maximum absolute atomic E-state index is 13.3. The number of thiazole rings is 1. The fraction of sp³-hybridized carbons (Fsp3) is 0.645. The van der Waals surface area contributed by atoms with E-state index in [0.717, 1.165) is 11.8 Å². The molecule has 0 aromatic carbocycles. The van der Waals surface area contributed by atoms with Gasteiger partial charge < -0.3 is 30.7 Å². The highest BCUT2D eigenvalue weighted by Crippen LogP contribution is 2.18. The van der Waals surface area contributed by atoms with E-state index in [1.165, 1.54) is 30.6 Å². The molecule has 0 saturated carbocycles. The fourth-order valence-electron chi connectivity index (χ4n) is 4.02. The largest absolute Gasteiger partial charge is 0.456 e. The Morgan fingerprint density at radius 3 is 2.48 bits per heavy atom. The average molecular weight is 682 g/mol. The molecule has 0 fully saturated rings. The lowest BCUT2D eigenvalue weighted by atomic mass is 9.99. The molecule has 1 aromatic rings. The Morgan fingerprint density at radius 1 is 1.20 bits per heavy atom. The summed E-state index contributed by atoms with van der Waals surface area (Å²) < 4.78 is 11.0. The minimum Gasteiger partial charge on any atom is -0.456 e. The molecule has 0 saturated heterocycles. The predicted molar refractivity (Wildman–Crippen MR) is 176 cm³/mol. The van der Waals surface area contributed by atoms with E-state index in [0.29, 0.717) is 17.2 Å². The van der Waals surface area contributed by atoms with Gasteiger partial charge in [-0.05, 0) is 59.0 Å². The predicted octanol–water partition coefficient (Wildman–Crippen LogP) is 3.48. The minimum atomic E-state index is -1.37. The van der Waals surface area contributed by atoms with Gasteiger partial charge in [0, 0.05) is 11.1 Å². The molecule has 13 nitrogen and oxygen atoms in total. The number of hydrogen-bond donors (Lipinski definition) is 4. The Hall–Kier alpha value is -3.46. The van der Waals surface area contributed by atoms with Crippen LogP contribution in [0.1, 0.15) is 90.7 Å². The van der Waals surface area contributed by atoms with Crippen LogP contribution in [0.15, 0.2) is 17.5 Å². The molecule has 0 unspecified atom stereocenters. The number of amides is 4. The molecule has 1 aromatic heterocycles. The van der Waals surface area contributed by atoms with Crippen LogP contribution in [-0.2, 0) is 35.2 Å². The number of esters is 1. The number of nitrogens with zero attached hydrogens (tertiary/aromatic N) is 1. The molecule has 2 heterocycles. The van der Waals surface area contributed by atoms with Crippen LogP contribution in [0.2, 0.25) is 0 Å². The van der Waals surface area contributed by atoms with E-state index in [1.807, 2.05) is 13.8 Å². The van der Waals surface area contributed by atoms with Crippen LogP contribution in [0.5, 0.6) is 0 Å². The van der Waals surface area contributed by atoms with Gasteiger partial charge in [-0.15, -0.1) is 11.3 Å². The molecule has 1 aliphatic heterocycles. The highest BCUT2D eigenvalue weighted by molar-refractivity contribution is 8.13. The number of thioether (sulfide) groups is 1. The minimum absolute atomic E-state index is 0.0623. The molecule has 4 N–H and O–H groups in total. The number of alkyl carbamates (subject to hydrolysis) is 1. The van der Waals surface area contributed by atoms with Gasteiger partial charge in [-0.2, -0.15) is 0 Å². The van der Waals surface area contributed by atoms with Gasteiger partial charge in [0.25, 0.3) is 5.91 Å². The summed E-state index contributed by atoms with van der Waals surface area (Å²) in [5.41, 5.74) is -1.96. The van der Waals surface area contributed by atoms with E-state index < -0.39 is 59.1 Å². The molecule has 2 rings (SSSR count). The zero-order chi connectivity index (χ0) is 34.8. The summed E-state index contributed by atoms with van der Waals surface area (Å²) in [4.78, 5) is 81.3. The van der Waals surface area contributed by atoms with Crippen molar-refractivity contribution in [2.75, 3.05) is 5.75 Å². The molecule has 4 amide bonds. The molecule has 256 valence electrons. The molecule has 46 heavy (non-hydrogen) atoms. The number of hydrogen-bond acceptors (Lipinski definition) is 11. The first-order chi connectivity index (χ1) is 21.3. The number of rotatable bonds is 8. The van der Waals surface area contributed by atoms with Crippen LogP contribution >= 0.6 is 23.1 Å². The van der Waals surface area contributed by atoms with Gasteiger partial charge in [0.1, 0.15) is 40.0 Å². The van der Waals surface area contributed by atoms with E-state index in [-0.39, 0.29) is 35.6 Å². The van der Waals surface area contributed by atoms with Crippen molar-refractivity contribution in [3.8, 4) is 0 Å². The number of carbonyl (C=O) groups excluding carboxylic acids is 6. The third kappa shape index (κ3) is 12.7. The van der Waals surface area contributed by atoms with E-state index >= 15 is 0 Å². The molecule has 0 aliphatic carbocycles. The van der Waals surface area contributed by atoms with Crippen LogP contribution in [-0.4, -0.2) is 75.0 Å². The Balaban J connectivity index is 2.15.